The molecule has 4 heteroatoms. The van der Waals surface area contributed by atoms with Crippen molar-refractivity contribution in [2.45, 2.75) is 0 Å². The smallest absolute Gasteiger partial charge is 0.328 e. The lowest BCUT2D eigenvalue weighted by Gasteiger charge is -2.08. The summed E-state index contributed by atoms with van der Waals surface area (Å²) in [4.78, 5) is 10.6. The average molecular weight is 300 g/mol. The standard InChI is InChI=1S/C19H12N2O2/c20-12-14-4-8-16(9-5-14)18(2-1-3-19(22)23)17-10-6-15(13-21)7-11-17/h1-11H,(H,22,23). The van der Waals surface area contributed by atoms with E-state index < -0.39 is 5.97 Å². The monoisotopic (exact) mass is 300 g/mol. The molecule has 23 heavy (non-hydrogen) atoms. The molecule has 0 amide bonds. The molecule has 0 aliphatic heterocycles. The number of nitrogens with zero attached hydrogens (tertiary/aromatic N) is 2. The molecule has 0 heterocycles. The maximum absolute atomic E-state index is 10.6. The highest BCUT2D eigenvalue weighted by Gasteiger charge is 2.05. The normalized spacial score (nSPS) is 9.83. The molecule has 0 aliphatic carbocycles. The molecule has 0 atom stereocenters. The van der Waals surface area contributed by atoms with Gasteiger partial charge in [-0.3, -0.25) is 0 Å². The van der Waals surface area contributed by atoms with Crippen molar-refractivity contribution >= 4 is 11.5 Å². The summed E-state index contributed by atoms with van der Waals surface area (Å²) < 4.78 is 0. The lowest BCUT2D eigenvalue weighted by atomic mass is 9.96. The van der Waals surface area contributed by atoms with Gasteiger partial charge < -0.3 is 5.11 Å². The number of allylic oxidation sites excluding steroid dienone is 2. The van der Waals surface area contributed by atoms with Crippen LogP contribution in [0.4, 0.5) is 0 Å². The van der Waals surface area contributed by atoms with Crippen LogP contribution in [0.5, 0.6) is 0 Å². The summed E-state index contributed by atoms with van der Waals surface area (Å²) in [5, 5.41) is 26.5. The fraction of sp³-hybridized carbons (Fsp3) is 0. The highest BCUT2D eigenvalue weighted by molar-refractivity contribution is 5.84. The van der Waals surface area contributed by atoms with Crippen LogP contribution >= 0.6 is 0 Å². The summed E-state index contributed by atoms with van der Waals surface area (Å²) in [5.41, 5.74) is 3.60. The molecule has 0 unspecified atom stereocenters. The van der Waals surface area contributed by atoms with Gasteiger partial charge in [0.05, 0.1) is 23.3 Å². The van der Waals surface area contributed by atoms with Gasteiger partial charge in [-0.05, 0) is 41.0 Å². The summed E-state index contributed by atoms with van der Waals surface area (Å²) in [6.07, 6.45) is 4.19. The van der Waals surface area contributed by atoms with Crippen molar-refractivity contribution in [2.24, 2.45) is 0 Å². The molecule has 0 aliphatic rings. The minimum atomic E-state index is -1.03. The van der Waals surface area contributed by atoms with Gasteiger partial charge in [-0.2, -0.15) is 10.5 Å². The first-order valence-electron chi connectivity index (χ1n) is 6.76. The molecule has 0 aromatic heterocycles. The van der Waals surface area contributed by atoms with E-state index in [9.17, 15) is 4.79 Å². The van der Waals surface area contributed by atoms with Gasteiger partial charge in [-0.1, -0.05) is 36.4 Å². The van der Waals surface area contributed by atoms with E-state index in [1.165, 1.54) is 6.08 Å². The van der Waals surface area contributed by atoms with Gasteiger partial charge in [-0.15, -0.1) is 0 Å². The van der Waals surface area contributed by atoms with Crippen LogP contribution in [0.15, 0.2) is 66.8 Å². The van der Waals surface area contributed by atoms with Gasteiger partial charge >= 0.3 is 5.97 Å². The highest BCUT2D eigenvalue weighted by atomic mass is 16.4. The third kappa shape index (κ3) is 4.17. The van der Waals surface area contributed by atoms with E-state index in [0.717, 1.165) is 22.8 Å². The van der Waals surface area contributed by atoms with E-state index >= 15 is 0 Å². The van der Waals surface area contributed by atoms with Gasteiger partial charge in [0.2, 0.25) is 0 Å². The number of aliphatic carboxylic acids is 1. The van der Waals surface area contributed by atoms with E-state index in [2.05, 4.69) is 12.1 Å². The fourth-order valence-corrected chi connectivity index (χ4v) is 2.03. The first-order chi connectivity index (χ1) is 11.1. The summed E-state index contributed by atoms with van der Waals surface area (Å²) in [6, 6.07) is 18.1. The second kappa shape index (κ2) is 7.40. The van der Waals surface area contributed by atoms with E-state index in [1.807, 2.05) is 0 Å². The van der Waals surface area contributed by atoms with Crippen LogP contribution in [0.2, 0.25) is 0 Å². The Morgan fingerprint density at radius 1 is 0.870 bits per heavy atom. The largest absolute Gasteiger partial charge is 0.478 e. The Bertz CT molecular complexity index is 787. The van der Waals surface area contributed by atoms with Crippen LogP contribution in [-0.4, -0.2) is 11.1 Å². The predicted molar refractivity (Wildman–Crippen MR) is 86.2 cm³/mol. The Balaban J connectivity index is 2.48. The highest BCUT2D eigenvalue weighted by Crippen LogP contribution is 2.24. The van der Waals surface area contributed by atoms with Crippen molar-refractivity contribution in [2.75, 3.05) is 0 Å². The SMILES string of the molecule is N#Cc1ccc(C(=CC=CC(=O)O)c2ccc(C#N)cc2)cc1. The van der Waals surface area contributed by atoms with Crippen LogP contribution in [0.25, 0.3) is 5.57 Å². The molecule has 2 aromatic rings. The number of carboxylic acid groups (broad SMARTS) is 1. The van der Waals surface area contributed by atoms with Crippen LogP contribution in [0.3, 0.4) is 0 Å². The third-order valence-corrected chi connectivity index (χ3v) is 3.15. The minimum Gasteiger partial charge on any atom is -0.478 e. The number of rotatable bonds is 4. The molecular formula is C19H12N2O2. The Morgan fingerprint density at radius 2 is 1.30 bits per heavy atom. The van der Waals surface area contributed by atoms with Crippen LogP contribution < -0.4 is 0 Å². The van der Waals surface area contributed by atoms with Crippen molar-refractivity contribution in [3.05, 3.63) is 89.0 Å². The Hall–Kier alpha value is -3.63. The minimum absolute atomic E-state index is 0.550. The third-order valence-electron chi connectivity index (χ3n) is 3.15. The van der Waals surface area contributed by atoms with Crippen molar-refractivity contribution < 1.29 is 9.90 Å². The number of carbonyl (C=O) groups is 1. The molecule has 0 saturated carbocycles. The second-order valence-corrected chi connectivity index (χ2v) is 4.66. The van der Waals surface area contributed by atoms with E-state index in [0.29, 0.717) is 11.1 Å². The molecule has 0 bridgehead atoms. The number of benzene rings is 2. The fourth-order valence-electron chi connectivity index (χ4n) is 2.03. The van der Waals surface area contributed by atoms with Crippen molar-refractivity contribution in [1.29, 1.82) is 10.5 Å². The van der Waals surface area contributed by atoms with Gasteiger partial charge in [0.25, 0.3) is 0 Å². The summed E-state index contributed by atoms with van der Waals surface area (Å²) in [6.45, 7) is 0. The van der Waals surface area contributed by atoms with E-state index in [-0.39, 0.29) is 0 Å². The Kier molecular flexibility index (Phi) is 5.07. The van der Waals surface area contributed by atoms with Crippen LogP contribution in [-0.2, 0) is 4.79 Å². The molecule has 4 nitrogen and oxygen atoms in total. The van der Waals surface area contributed by atoms with E-state index in [1.54, 1.807) is 54.6 Å². The quantitative estimate of drug-likeness (QED) is 0.691. The topological polar surface area (TPSA) is 84.9 Å². The molecule has 0 radical (unpaired) electrons. The van der Waals surface area contributed by atoms with Crippen LogP contribution in [0.1, 0.15) is 22.3 Å². The predicted octanol–water partition coefficient (Wildman–Crippen LogP) is 3.50. The van der Waals surface area contributed by atoms with Crippen LogP contribution in [0, 0.1) is 22.7 Å². The molecule has 110 valence electrons. The summed E-state index contributed by atoms with van der Waals surface area (Å²) in [7, 11) is 0. The maximum Gasteiger partial charge on any atom is 0.328 e. The van der Waals surface area contributed by atoms with Crippen molar-refractivity contribution in [1.82, 2.24) is 0 Å². The molecular weight excluding hydrogens is 288 g/mol. The van der Waals surface area contributed by atoms with Crippen molar-refractivity contribution in [3.8, 4) is 12.1 Å². The second-order valence-electron chi connectivity index (χ2n) is 4.66. The lowest BCUT2D eigenvalue weighted by molar-refractivity contribution is -0.131. The molecule has 2 aromatic carbocycles. The molecule has 0 fully saturated rings. The first kappa shape index (κ1) is 15.8. The zero-order chi connectivity index (χ0) is 16.7. The zero-order valence-corrected chi connectivity index (χ0v) is 12.1. The molecule has 0 saturated heterocycles. The zero-order valence-electron chi connectivity index (χ0n) is 12.1. The molecule has 1 N–H and O–H groups in total. The van der Waals surface area contributed by atoms with E-state index in [4.69, 9.17) is 15.6 Å². The van der Waals surface area contributed by atoms with Gasteiger partial charge in [-0.25, -0.2) is 4.79 Å². The van der Waals surface area contributed by atoms with Gasteiger partial charge in [0.15, 0.2) is 0 Å². The first-order valence-corrected chi connectivity index (χ1v) is 6.76. The number of hydrogen-bond acceptors (Lipinski definition) is 3. The summed E-state index contributed by atoms with van der Waals surface area (Å²) in [5.74, 6) is -1.03. The van der Waals surface area contributed by atoms with Gasteiger partial charge in [0, 0.05) is 6.08 Å². The number of carboxylic acids is 1. The summed E-state index contributed by atoms with van der Waals surface area (Å²) >= 11 is 0. The maximum atomic E-state index is 10.6. The van der Waals surface area contributed by atoms with Gasteiger partial charge in [0.1, 0.15) is 0 Å². The Morgan fingerprint density at radius 3 is 1.65 bits per heavy atom. The lowest BCUT2D eigenvalue weighted by Crippen LogP contribution is -1.90. The average Bonchev–Trinajstić information content (AvgIpc) is 2.59. The number of hydrogen-bond donors (Lipinski definition) is 1. The molecule has 2 rings (SSSR count). The number of nitriles is 2. The van der Waals surface area contributed by atoms with Crippen molar-refractivity contribution in [3.63, 3.8) is 0 Å². The molecule has 0 spiro atoms. The Labute approximate surface area is 133 Å².